The van der Waals surface area contributed by atoms with Gasteiger partial charge < -0.3 is 23.3 Å². The SMILES string of the molecule is CCOP(=O)(OCC)C(C#N)C/C(=C/Cc1c(OC)c(C)c2c(c1OCC[Si](C)(C)C)C(=O)OC2)CC. The van der Waals surface area contributed by atoms with Crippen molar-refractivity contribution >= 4 is 21.6 Å². The molecule has 37 heavy (non-hydrogen) atoms. The minimum absolute atomic E-state index is 0.195. The molecular formula is C27H42NO7PSi. The van der Waals surface area contributed by atoms with Crippen molar-refractivity contribution < 1.29 is 32.6 Å². The molecule has 0 aliphatic carbocycles. The standard InChI is InChI=1S/C27H42NO7PSi/c1-9-20(16-21(17-28)36(30,34-10-2)35-11-3)12-13-22-25(31-5)19(4)23-18-33-27(29)24(23)26(22)32-14-15-37(6,7)8/h12,21H,9-11,13-16,18H2,1-8H3/b20-12+. The third-order valence-corrected chi connectivity index (χ3v) is 10.4. The monoisotopic (exact) mass is 551 g/mol. The number of carbonyl (C=O) groups excluding carboxylic acids is 1. The number of hydrogen-bond donors (Lipinski definition) is 0. The summed E-state index contributed by atoms with van der Waals surface area (Å²) in [6.07, 6.45) is 3.32. The molecule has 10 heteroatoms. The van der Waals surface area contributed by atoms with Crippen LogP contribution < -0.4 is 9.47 Å². The lowest BCUT2D eigenvalue weighted by atomic mass is 9.94. The summed E-state index contributed by atoms with van der Waals surface area (Å²) in [5.41, 5.74) is 2.92. The van der Waals surface area contributed by atoms with Crippen LogP contribution in [0, 0.1) is 18.3 Å². The molecule has 0 fully saturated rings. The van der Waals surface area contributed by atoms with Gasteiger partial charge in [-0.25, -0.2) is 4.79 Å². The second-order valence-electron chi connectivity index (χ2n) is 10.2. The van der Waals surface area contributed by atoms with Crippen LogP contribution in [-0.2, 0) is 31.4 Å². The Morgan fingerprint density at radius 1 is 1.19 bits per heavy atom. The van der Waals surface area contributed by atoms with Crippen molar-refractivity contribution in [1.29, 1.82) is 5.26 Å². The number of rotatable bonds is 15. The number of nitrogens with zero attached hydrogens (tertiary/aromatic N) is 1. The summed E-state index contributed by atoms with van der Waals surface area (Å²) in [6, 6.07) is 3.08. The molecule has 8 nitrogen and oxygen atoms in total. The van der Waals surface area contributed by atoms with E-state index in [-0.39, 0.29) is 32.2 Å². The Morgan fingerprint density at radius 3 is 2.35 bits per heavy atom. The van der Waals surface area contributed by atoms with Gasteiger partial charge in [-0.15, -0.1) is 0 Å². The maximum atomic E-state index is 13.3. The van der Waals surface area contributed by atoms with Crippen LogP contribution in [0.2, 0.25) is 25.7 Å². The molecule has 0 radical (unpaired) electrons. The minimum atomic E-state index is -3.58. The summed E-state index contributed by atoms with van der Waals surface area (Å²) >= 11 is 0. The predicted octanol–water partition coefficient (Wildman–Crippen LogP) is 6.82. The first kappa shape index (κ1) is 31.1. The van der Waals surface area contributed by atoms with Crippen molar-refractivity contribution in [2.24, 2.45) is 0 Å². The smallest absolute Gasteiger partial charge is 0.348 e. The molecule has 2 rings (SSSR count). The average molecular weight is 552 g/mol. The molecule has 1 aromatic carbocycles. The van der Waals surface area contributed by atoms with Gasteiger partial charge in [0.05, 0.1) is 33.0 Å². The minimum Gasteiger partial charge on any atom is -0.496 e. The zero-order valence-electron chi connectivity index (χ0n) is 23.6. The van der Waals surface area contributed by atoms with E-state index in [1.165, 1.54) is 0 Å². The Labute approximate surface area is 222 Å². The molecule has 0 aromatic heterocycles. The van der Waals surface area contributed by atoms with Gasteiger partial charge in [0.25, 0.3) is 0 Å². The second kappa shape index (κ2) is 13.6. The molecule has 0 saturated heterocycles. The van der Waals surface area contributed by atoms with Crippen molar-refractivity contribution in [3.8, 4) is 17.6 Å². The van der Waals surface area contributed by atoms with Gasteiger partial charge in [0.15, 0.2) is 5.66 Å². The first-order valence-corrected chi connectivity index (χ1v) is 18.3. The number of nitriles is 1. The Hall–Kier alpha value is -2.11. The molecule has 0 spiro atoms. The van der Waals surface area contributed by atoms with Gasteiger partial charge in [0, 0.05) is 19.2 Å². The van der Waals surface area contributed by atoms with E-state index in [9.17, 15) is 14.6 Å². The molecule has 1 aliphatic heterocycles. The second-order valence-corrected chi connectivity index (χ2v) is 18.0. The molecule has 1 heterocycles. The fourth-order valence-corrected chi connectivity index (χ4v) is 6.77. The number of hydrogen-bond acceptors (Lipinski definition) is 8. The van der Waals surface area contributed by atoms with Gasteiger partial charge in [-0.3, -0.25) is 4.57 Å². The van der Waals surface area contributed by atoms with Gasteiger partial charge >= 0.3 is 13.6 Å². The Morgan fingerprint density at radius 2 is 1.84 bits per heavy atom. The summed E-state index contributed by atoms with van der Waals surface area (Å²) in [5.74, 6) is 0.789. The van der Waals surface area contributed by atoms with Crippen LogP contribution in [0.5, 0.6) is 11.5 Å². The van der Waals surface area contributed by atoms with E-state index >= 15 is 0 Å². The normalized spacial score (nSPS) is 14.7. The van der Waals surface area contributed by atoms with Crippen LogP contribution in [0.1, 0.15) is 60.7 Å². The number of methoxy groups -OCH3 is 1. The van der Waals surface area contributed by atoms with E-state index in [2.05, 4.69) is 25.7 Å². The molecular weight excluding hydrogens is 509 g/mol. The molecule has 0 amide bonds. The highest BCUT2D eigenvalue weighted by atomic mass is 31.2. The quantitative estimate of drug-likeness (QED) is 0.101. The number of benzene rings is 1. The zero-order valence-corrected chi connectivity index (χ0v) is 25.5. The highest BCUT2D eigenvalue weighted by molar-refractivity contribution is 7.55. The lowest BCUT2D eigenvalue weighted by Crippen LogP contribution is -2.23. The summed E-state index contributed by atoms with van der Waals surface area (Å²) in [6.45, 7) is 15.3. The Balaban J connectivity index is 2.49. The first-order chi connectivity index (χ1) is 17.5. The van der Waals surface area contributed by atoms with Crippen molar-refractivity contribution in [3.05, 3.63) is 33.9 Å². The zero-order chi connectivity index (χ0) is 27.8. The lowest BCUT2D eigenvalue weighted by molar-refractivity contribution is 0.0532. The summed E-state index contributed by atoms with van der Waals surface area (Å²) in [7, 11) is -3.34. The van der Waals surface area contributed by atoms with E-state index in [0.29, 0.717) is 36.5 Å². The van der Waals surface area contributed by atoms with Gasteiger partial charge in [-0.05, 0) is 51.6 Å². The van der Waals surface area contributed by atoms with Crippen LogP contribution in [0.3, 0.4) is 0 Å². The number of ether oxygens (including phenoxy) is 3. The molecule has 0 bridgehead atoms. The number of fused-ring (bicyclic) bond motifs is 1. The molecule has 0 N–H and O–H groups in total. The van der Waals surface area contributed by atoms with Crippen molar-refractivity contribution in [3.63, 3.8) is 0 Å². The number of esters is 1. The maximum Gasteiger partial charge on any atom is 0.348 e. The average Bonchev–Trinajstić information content (AvgIpc) is 3.22. The fraction of sp³-hybridized carbons (Fsp3) is 0.630. The Bertz CT molecular complexity index is 1080. The summed E-state index contributed by atoms with van der Waals surface area (Å²) in [5, 5.41) is 9.81. The molecule has 206 valence electrons. The topological polar surface area (TPSA) is 104 Å². The third-order valence-electron chi connectivity index (χ3n) is 6.38. The molecule has 1 unspecified atom stereocenters. The lowest BCUT2D eigenvalue weighted by Gasteiger charge is -2.23. The van der Waals surface area contributed by atoms with E-state index in [1.54, 1.807) is 21.0 Å². The van der Waals surface area contributed by atoms with E-state index in [0.717, 1.165) is 28.3 Å². The third kappa shape index (κ3) is 7.70. The van der Waals surface area contributed by atoms with Crippen molar-refractivity contribution in [2.45, 2.75) is 84.9 Å². The number of allylic oxidation sites excluding steroid dienone is 2. The van der Waals surface area contributed by atoms with Gasteiger partial charge in [-0.2, -0.15) is 5.26 Å². The van der Waals surface area contributed by atoms with Crippen LogP contribution in [0.15, 0.2) is 11.6 Å². The fourth-order valence-electron chi connectivity index (χ4n) is 4.30. The summed E-state index contributed by atoms with van der Waals surface area (Å²) < 4.78 is 41.6. The van der Waals surface area contributed by atoms with Crippen LogP contribution in [0.4, 0.5) is 0 Å². The highest BCUT2D eigenvalue weighted by Crippen LogP contribution is 2.55. The van der Waals surface area contributed by atoms with Crippen LogP contribution >= 0.6 is 7.60 Å². The largest absolute Gasteiger partial charge is 0.496 e. The van der Waals surface area contributed by atoms with E-state index < -0.39 is 21.3 Å². The van der Waals surface area contributed by atoms with E-state index in [1.807, 2.05) is 19.9 Å². The van der Waals surface area contributed by atoms with E-state index in [4.69, 9.17) is 23.3 Å². The van der Waals surface area contributed by atoms with Gasteiger partial charge in [0.1, 0.15) is 23.7 Å². The summed E-state index contributed by atoms with van der Waals surface area (Å²) in [4.78, 5) is 12.7. The van der Waals surface area contributed by atoms with Crippen molar-refractivity contribution in [1.82, 2.24) is 0 Å². The molecule has 0 saturated carbocycles. The van der Waals surface area contributed by atoms with Crippen LogP contribution in [0.25, 0.3) is 0 Å². The predicted molar refractivity (Wildman–Crippen MR) is 147 cm³/mol. The number of carbonyl (C=O) groups is 1. The molecule has 1 aromatic rings. The Kier molecular flexibility index (Phi) is 11.4. The molecule has 1 aliphatic rings. The van der Waals surface area contributed by atoms with Gasteiger partial charge in [0.2, 0.25) is 0 Å². The van der Waals surface area contributed by atoms with Gasteiger partial charge in [-0.1, -0.05) is 38.2 Å². The molecule has 1 atom stereocenters. The van der Waals surface area contributed by atoms with Crippen molar-refractivity contribution in [2.75, 3.05) is 26.9 Å². The highest BCUT2D eigenvalue weighted by Gasteiger charge is 2.36. The first-order valence-electron chi connectivity index (χ1n) is 12.9. The maximum absolute atomic E-state index is 13.3. The van der Waals surface area contributed by atoms with Crippen LogP contribution in [-0.4, -0.2) is 46.6 Å². The number of cyclic esters (lactones) is 1.